The normalized spacial score (nSPS) is 12.5. The van der Waals surface area contributed by atoms with Crippen LogP contribution in [-0.2, 0) is 10.0 Å². The molecule has 0 bridgehead atoms. The lowest BCUT2D eigenvalue weighted by molar-refractivity contribution is 0.332. The second-order valence-corrected chi connectivity index (χ2v) is 7.21. The Morgan fingerprint density at radius 2 is 1.63 bits per heavy atom. The molecule has 1 N–H and O–H groups in total. The second kappa shape index (κ2) is 10.6. The predicted octanol–water partition coefficient (Wildman–Crippen LogP) is 0.980. The summed E-state index contributed by atoms with van der Waals surface area (Å²) >= 11 is 0. The van der Waals surface area contributed by atoms with Crippen molar-refractivity contribution in [3.05, 3.63) is 0 Å². The standard InChI is InChI=1S/C13H31N3O2S/c1-5-8-14-9-7-13-19(17,18)16(10-6-2)12-11-15(3)4/h14H,5-13H2,1-4H3. The van der Waals surface area contributed by atoms with Crippen LogP contribution in [0.2, 0.25) is 0 Å². The van der Waals surface area contributed by atoms with Crippen LogP contribution >= 0.6 is 0 Å². The summed E-state index contributed by atoms with van der Waals surface area (Å²) in [6.45, 7) is 7.84. The molecule has 0 aliphatic rings. The van der Waals surface area contributed by atoms with Gasteiger partial charge in [-0.05, 0) is 46.4 Å². The van der Waals surface area contributed by atoms with Crippen LogP contribution < -0.4 is 5.32 Å². The summed E-state index contributed by atoms with van der Waals surface area (Å²) in [4.78, 5) is 2.01. The fraction of sp³-hybridized carbons (Fsp3) is 1.00. The molecule has 0 aromatic rings. The summed E-state index contributed by atoms with van der Waals surface area (Å²) in [5.41, 5.74) is 0. The molecular weight excluding hydrogens is 262 g/mol. The van der Waals surface area contributed by atoms with E-state index < -0.39 is 10.0 Å². The number of hydrogen-bond donors (Lipinski definition) is 1. The van der Waals surface area contributed by atoms with Crippen molar-refractivity contribution >= 4 is 10.0 Å². The van der Waals surface area contributed by atoms with Gasteiger partial charge in [-0.3, -0.25) is 0 Å². The molecule has 0 spiro atoms. The van der Waals surface area contributed by atoms with Gasteiger partial charge in [-0.1, -0.05) is 13.8 Å². The second-order valence-electron chi connectivity index (χ2n) is 5.12. The molecule has 0 atom stereocenters. The Labute approximate surface area is 119 Å². The van der Waals surface area contributed by atoms with Crippen LogP contribution in [-0.4, -0.2) is 70.2 Å². The molecule has 0 saturated heterocycles. The largest absolute Gasteiger partial charge is 0.317 e. The summed E-state index contributed by atoms with van der Waals surface area (Å²) in [5.74, 6) is 0.247. The van der Waals surface area contributed by atoms with Crippen molar-refractivity contribution < 1.29 is 8.42 Å². The third-order valence-corrected chi connectivity index (χ3v) is 4.80. The first kappa shape index (κ1) is 18.8. The van der Waals surface area contributed by atoms with Gasteiger partial charge in [0.25, 0.3) is 0 Å². The van der Waals surface area contributed by atoms with Gasteiger partial charge in [0.1, 0.15) is 0 Å². The van der Waals surface area contributed by atoms with E-state index in [1.54, 1.807) is 4.31 Å². The fourth-order valence-electron chi connectivity index (χ4n) is 1.76. The van der Waals surface area contributed by atoms with Gasteiger partial charge in [0.15, 0.2) is 0 Å². The molecule has 19 heavy (non-hydrogen) atoms. The van der Waals surface area contributed by atoms with E-state index in [2.05, 4.69) is 12.2 Å². The molecule has 5 nitrogen and oxygen atoms in total. The van der Waals surface area contributed by atoms with Crippen LogP contribution in [0.1, 0.15) is 33.1 Å². The lowest BCUT2D eigenvalue weighted by Gasteiger charge is -2.23. The highest BCUT2D eigenvalue weighted by Crippen LogP contribution is 2.04. The molecule has 0 aromatic carbocycles. The van der Waals surface area contributed by atoms with Gasteiger partial charge in [0.05, 0.1) is 5.75 Å². The average molecular weight is 293 g/mol. The summed E-state index contributed by atoms with van der Waals surface area (Å²) in [5, 5.41) is 3.24. The maximum absolute atomic E-state index is 12.2. The number of nitrogens with one attached hydrogen (secondary N) is 1. The third-order valence-electron chi connectivity index (χ3n) is 2.85. The summed E-state index contributed by atoms with van der Waals surface area (Å²) in [6, 6.07) is 0. The van der Waals surface area contributed by atoms with Gasteiger partial charge >= 0.3 is 0 Å². The molecule has 0 heterocycles. The Morgan fingerprint density at radius 1 is 0.947 bits per heavy atom. The van der Waals surface area contributed by atoms with Crippen molar-refractivity contribution in [3.8, 4) is 0 Å². The predicted molar refractivity (Wildman–Crippen MR) is 82.0 cm³/mol. The van der Waals surface area contributed by atoms with Gasteiger partial charge in [-0.15, -0.1) is 0 Å². The Balaban J connectivity index is 4.20. The topological polar surface area (TPSA) is 52.7 Å². The quantitative estimate of drug-likeness (QED) is 0.545. The molecule has 0 saturated carbocycles. The van der Waals surface area contributed by atoms with E-state index in [9.17, 15) is 8.42 Å². The minimum absolute atomic E-state index is 0.247. The van der Waals surface area contributed by atoms with Gasteiger partial charge in [0, 0.05) is 19.6 Å². The van der Waals surface area contributed by atoms with Gasteiger partial charge < -0.3 is 10.2 Å². The van der Waals surface area contributed by atoms with Crippen LogP contribution in [0.4, 0.5) is 0 Å². The number of likely N-dealkylation sites (N-methyl/N-ethyl adjacent to an activating group) is 1. The fourth-order valence-corrected chi connectivity index (χ4v) is 3.35. The van der Waals surface area contributed by atoms with Crippen molar-refractivity contribution in [1.29, 1.82) is 0 Å². The monoisotopic (exact) mass is 293 g/mol. The number of nitrogens with zero attached hydrogens (tertiary/aromatic N) is 2. The Hall–Kier alpha value is -0.170. The molecule has 0 aliphatic carbocycles. The molecule has 116 valence electrons. The van der Waals surface area contributed by atoms with E-state index in [1.165, 1.54) is 0 Å². The maximum Gasteiger partial charge on any atom is 0.214 e. The summed E-state index contributed by atoms with van der Waals surface area (Å²) in [7, 11) is 0.827. The van der Waals surface area contributed by atoms with Gasteiger partial charge in [-0.25, -0.2) is 12.7 Å². The average Bonchev–Trinajstić information content (AvgIpc) is 2.33. The summed E-state index contributed by atoms with van der Waals surface area (Å²) < 4.78 is 26.1. The van der Waals surface area contributed by atoms with E-state index in [-0.39, 0.29) is 5.75 Å². The van der Waals surface area contributed by atoms with Crippen molar-refractivity contribution in [2.45, 2.75) is 33.1 Å². The maximum atomic E-state index is 12.2. The van der Waals surface area contributed by atoms with Gasteiger partial charge in [0.2, 0.25) is 10.0 Å². The molecule has 6 heteroatoms. The van der Waals surface area contributed by atoms with Gasteiger partial charge in [-0.2, -0.15) is 0 Å². The van der Waals surface area contributed by atoms with Crippen LogP contribution in [0.5, 0.6) is 0 Å². The van der Waals surface area contributed by atoms with Crippen LogP contribution in [0, 0.1) is 0 Å². The first-order valence-corrected chi connectivity index (χ1v) is 8.88. The lowest BCUT2D eigenvalue weighted by Crippen LogP contribution is -2.39. The zero-order chi connectivity index (χ0) is 14.7. The van der Waals surface area contributed by atoms with E-state index >= 15 is 0 Å². The molecule has 0 rings (SSSR count). The zero-order valence-electron chi connectivity index (χ0n) is 13.0. The first-order chi connectivity index (χ1) is 8.94. The minimum atomic E-state index is -3.10. The Morgan fingerprint density at radius 3 is 2.16 bits per heavy atom. The van der Waals surface area contributed by atoms with Crippen molar-refractivity contribution in [2.75, 3.05) is 52.6 Å². The number of sulfonamides is 1. The summed E-state index contributed by atoms with van der Waals surface area (Å²) in [6.07, 6.45) is 2.63. The molecule has 0 fully saturated rings. The van der Waals surface area contributed by atoms with E-state index in [0.717, 1.165) is 32.5 Å². The first-order valence-electron chi connectivity index (χ1n) is 7.27. The highest BCUT2D eigenvalue weighted by Gasteiger charge is 2.20. The molecule has 0 aromatic heterocycles. The minimum Gasteiger partial charge on any atom is -0.317 e. The van der Waals surface area contributed by atoms with E-state index in [0.29, 0.717) is 19.5 Å². The smallest absolute Gasteiger partial charge is 0.214 e. The van der Waals surface area contributed by atoms with Crippen LogP contribution in [0.15, 0.2) is 0 Å². The lowest BCUT2D eigenvalue weighted by atomic mass is 10.4. The Kier molecular flexibility index (Phi) is 10.5. The van der Waals surface area contributed by atoms with Crippen molar-refractivity contribution in [1.82, 2.24) is 14.5 Å². The van der Waals surface area contributed by atoms with Crippen LogP contribution in [0.3, 0.4) is 0 Å². The van der Waals surface area contributed by atoms with E-state index in [1.807, 2.05) is 25.9 Å². The number of hydrogen-bond acceptors (Lipinski definition) is 4. The molecule has 0 aliphatic heterocycles. The SMILES string of the molecule is CCCNCCCS(=O)(=O)N(CCC)CCN(C)C. The molecule has 0 unspecified atom stereocenters. The number of rotatable bonds is 12. The molecular formula is C13H31N3O2S. The van der Waals surface area contributed by atoms with Crippen molar-refractivity contribution in [2.24, 2.45) is 0 Å². The van der Waals surface area contributed by atoms with Crippen LogP contribution in [0.25, 0.3) is 0 Å². The highest BCUT2D eigenvalue weighted by atomic mass is 32.2. The molecule has 0 radical (unpaired) electrons. The highest BCUT2D eigenvalue weighted by molar-refractivity contribution is 7.89. The Bertz CT molecular complexity index is 305. The van der Waals surface area contributed by atoms with Crippen molar-refractivity contribution in [3.63, 3.8) is 0 Å². The zero-order valence-corrected chi connectivity index (χ0v) is 13.8. The van der Waals surface area contributed by atoms with E-state index in [4.69, 9.17) is 0 Å². The molecule has 0 amide bonds. The third kappa shape index (κ3) is 9.38.